The zero-order chi connectivity index (χ0) is 29.7. The highest BCUT2D eigenvalue weighted by molar-refractivity contribution is 8.01. The zero-order valence-corrected chi connectivity index (χ0v) is 24.5. The molecule has 3 aromatic rings. The lowest BCUT2D eigenvalue weighted by atomic mass is 10.1. The maximum Gasteiger partial charge on any atom is 0.323 e. The smallest absolute Gasteiger partial charge is 0.323 e. The second-order valence-corrected chi connectivity index (χ2v) is 12.8. The molecule has 1 saturated heterocycles. The van der Waals surface area contributed by atoms with Gasteiger partial charge in [0.15, 0.2) is 29.4 Å². The van der Waals surface area contributed by atoms with Gasteiger partial charge in [-0.3, -0.25) is 13.9 Å². The quantitative estimate of drug-likeness (QED) is 0.125. The number of esters is 1. The van der Waals surface area contributed by atoms with E-state index >= 15 is 4.39 Å². The first kappa shape index (κ1) is 30.9. The predicted molar refractivity (Wildman–Crippen MR) is 151 cm³/mol. The number of alkyl halides is 1. The van der Waals surface area contributed by atoms with Crippen LogP contribution in [0.3, 0.4) is 0 Å². The third-order valence-corrected chi connectivity index (χ3v) is 9.35. The first-order chi connectivity index (χ1) is 19.5. The normalized spacial score (nSPS) is 22.9. The number of hydrogen-bond donors (Lipinski definition) is 4. The highest BCUT2D eigenvalue weighted by Crippen LogP contribution is 2.48. The highest BCUT2D eigenvalue weighted by atomic mass is 32.2. The Morgan fingerprint density at radius 1 is 1.29 bits per heavy atom. The van der Waals surface area contributed by atoms with E-state index in [1.54, 1.807) is 45.2 Å². The average Bonchev–Trinajstić information content (AvgIpc) is 3.47. The summed E-state index contributed by atoms with van der Waals surface area (Å²) in [4.78, 5) is 24.8. The molecule has 1 aromatic carbocycles. The minimum absolute atomic E-state index is 0.0650. The maximum atomic E-state index is 15.3. The molecule has 1 aliphatic heterocycles. The Labute approximate surface area is 240 Å². The summed E-state index contributed by atoms with van der Waals surface area (Å²) in [5.74, 6) is 0.164. The number of para-hydroxylation sites is 1. The van der Waals surface area contributed by atoms with E-state index in [0.717, 1.165) is 12.0 Å². The summed E-state index contributed by atoms with van der Waals surface area (Å²) in [6.07, 6.45) is -5.16. The molecule has 0 spiro atoms. The molecule has 0 amide bonds. The molecule has 4 rings (SSSR count). The van der Waals surface area contributed by atoms with E-state index < -0.39 is 50.7 Å². The second-order valence-electron chi connectivity index (χ2n) is 9.45. The first-order valence-electron chi connectivity index (χ1n) is 12.7. The van der Waals surface area contributed by atoms with E-state index in [-0.39, 0.29) is 23.2 Å². The van der Waals surface area contributed by atoms with Crippen molar-refractivity contribution in [3.05, 3.63) is 36.7 Å². The lowest BCUT2D eigenvalue weighted by molar-refractivity contribution is -0.149. The Bertz CT molecular complexity index is 1390. The lowest BCUT2D eigenvalue weighted by Gasteiger charge is -2.25. The number of carbonyl (C=O) groups excluding carboxylic acids is 1. The van der Waals surface area contributed by atoms with Crippen molar-refractivity contribution >= 4 is 48.5 Å². The van der Waals surface area contributed by atoms with Crippen molar-refractivity contribution in [1.82, 2.24) is 24.6 Å². The minimum Gasteiger partial charge on any atom is -0.462 e. The van der Waals surface area contributed by atoms with E-state index in [0.29, 0.717) is 17.1 Å². The van der Waals surface area contributed by atoms with Crippen LogP contribution in [0.2, 0.25) is 0 Å². The number of aliphatic hydroxyl groups is 1. The molecule has 41 heavy (non-hydrogen) atoms. The number of nitrogen functional groups attached to an aromatic ring is 1. The van der Waals surface area contributed by atoms with Crippen LogP contribution in [-0.4, -0.2) is 80.3 Å². The predicted octanol–water partition coefficient (Wildman–Crippen LogP) is 2.87. The minimum atomic E-state index is -3.84. The maximum absolute atomic E-state index is 15.3. The van der Waals surface area contributed by atoms with Gasteiger partial charge in [0.2, 0.25) is 5.95 Å². The molecule has 0 radical (unpaired) electrons. The van der Waals surface area contributed by atoms with Gasteiger partial charge in [-0.25, -0.2) is 14.5 Å². The first-order valence-corrected chi connectivity index (χ1v) is 15.4. The fourth-order valence-corrected chi connectivity index (χ4v) is 6.75. The molecule has 0 aliphatic carbocycles. The number of halogens is 1. The molecule has 14 nitrogen and oxygen atoms in total. The van der Waals surface area contributed by atoms with Crippen molar-refractivity contribution in [1.29, 1.82) is 0 Å². The Hall–Kier alpha value is -3.01. The van der Waals surface area contributed by atoms with Gasteiger partial charge in [0, 0.05) is 7.05 Å². The van der Waals surface area contributed by atoms with Crippen LogP contribution in [0.15, 0.2) is 36.7 Å². The van der Waals surface area contributed by atoms with Crippen LogP contribution in [-0.2, 0) is 23.4 Å². The third-order valence-electron chi connectivity index (χ3n) is 5.91. The fraction of sp³-hybridized carbons (Fsp3) is 0.500. The van der Waals surface area contributed by atoms with Gasteiger partial charge in [0.05, 0.1) is 31.1 Å². The molecule has 6 atom stereocenters. The molecule has 1 unspecified atom stereocenters. The van der Waals surface area contributed by atoms with Gasteiger partial charge in [-0.1, -0.05) is 18.2 Å². The number of nitrogens with zero attached hydrogens (tertiary/aromatic N) is 4. The van der Waals surface area contributed by atoms with E-state index in [2.05, 4.69) is 25.4 Å². The van der Waals surface area contributed by atoms with Gasteiger partial charge in [-0.15, -0.1) is 0 Å². The summed E-state index contributed by atoms with van der Waals surface area (Å²) in [6, 6.07) is 7.82. The average molecular weight is 614 g/mol. The Morgan fingerprint density at radius 2 is 2.02 bits per heavy atom. The van der Waals surface area contributed by atoms with Gasteiger partial charge < -0.3 is 34.3 Å². The number of benzene rings is 1. The van der Waals surface area contributed by atoms with E-state index in [1.165, 1.54) is 17.8 Å². The largest absolute Gasteiger partial charge is 0.462 e. The van der Waals surface area contributed by atoms with Crippen LogP contribution in [0, 0.1) is 0 Å². The van der Waals surface area contributed by atoms with Gasteiger partial charge >= 0.3 is 5.97 Å². The molecular formula is C24H33FN7O7PS. The Kier molecular flexibility index (Phi) is 10.0. The standard InChI is InChI=1S/C24H33FN7O7PS/c1-13(2)37-23(34)14(3)31-40(35,12-41-39-15-8-6-5-7-9-15)36-10-16-19(33)17(25)22(38-16)32-11-28-18-20(27-4)29-24(26)30-21(18)32/h5-9,11,13-14,16-17,19,22,33H,10,12H2,1-4H3,(H,31,35)(H3,26,27,29,30)/t14-,16+,17+,19+,22+,40?/m0/s1. The second kappa shape index (κ2) is 13.3. The summed E-state index contributed by atoms with van der Waals surface area (Å²) in [5, 5.41) is 16.2. The number of aliphatic hydroxyl groups excluding tert-OH is 1. The number of rotatable bonds is 13. The number of nitrogens with one attached hydrogen (secondary N) is 2. The molecule has 1 fully saturated rings. The summed E-state index contributed by atoms with van der Waals surface area (Å²) in [6.45, 7) is 4.40. The Balaban J connectivity index is 1.47. The van der Waals surface area contributed by atoms with E-state index in [1.807, 2.05) is 6.07 Å². The lowest BCUT2D eigenvalue weighted by Crippen LogP contribution is -2.37. The van der Waals surface area contributed by atoms with Crippen molar-refractivity contribution in [2.75, 3.05) is 30.2 Å². The number of ether oxygens (including phenoxy) is 2. The number of carbonyl (C=O) groups is 1. The molecule has 5 N–H and O–H groups in total. The topological polar surface area (TPSA) is 185 Å². The number of nitrogens with two attached hydrogens (primary N) is 1. The molecule has 0 bridgehead atoms. The van der Waals surface area contributed by atoms with Gasteiger partial charge in [0.1, 0.15) is 29.5 Å². The van der Waals surface area contributed by atoms with Crippen LogP contribution in [0.25, 0.3) is 11.2 Å². The number of anilines is 2. The van der Waals surface area contributed by atoms with Crippen LogP contribution in [0.5, 0.6) is 5.75 Å². The van der Waals surface area contributed by atoms with Crippen molar-refractivity contribution < 1.29 is 37.0 Å². The highest BCUT2D eigenvalue weighted by Gasteiger charge is 2.47. The molecular weight excluding hydrogens is 580 g/mol. The van der Waals surface area contributed by atoms with Crippen LogP contribution in [0.4, 0.5) is 16.2 Å². The number of aromatic nitrogens is 4. The molecule has 2 aromatic heterocycles. The summed E-state index contributed by atoms with van der Waals surface area (Å²) in [5.41, 5.74) is 6.09. The molecule has 224 valence electrons. The van der Waals surface area contributed by atoms with Crippen molar-refractivity contribution in [2.24, 2.45) is 0 Å². The Morgan fingerprint density at radius 3 is 2.71 bits per heavy atom. The summed E-state index contributed by atoms with van der Waals surface area (Å²) in [7, 11) is -2.21. The van der Waals surface area contributed by atoms with Gasteiger partial charge in [-0.2, -0.15) is 9.97 Å². The van der Waals surface area contributed by atoms with Gasteiger partial charge in [-0.05, 0) is 32.9 Å². The van der Waals surface area contributed by atoms with Crippen molar-refractivity contribution in [2.45, 2.75) is 57.5 Å². The number of imidazole rings is 1. The molecule has 0 saturated carbocycles. The molecule has 3 heterocycles. The van der Waals surface area contributed by atoms with Crippen molar-refractivity contribution in [3.8, 4) is 5.75 Å². The van der Waals surface area contributed by atoms with Gasteiger partial charge in [0.25, 0.3) is 7.52 Å². The number of fused-ring (bicyclic) bond motifs is 1. The van der Waals surface area contributed by atoms with E-state index in [4.69, 9.17) is 23.9 Å². The van der Waals surface area contributed by atoms with E-state index in [9.17, 15) is 14.5 Å². The molecule has 17 heteroatoms. The fourth-order valence-electron chi connectivity index (χ4n) is 3.99. The summed E-state index contributed by atoms with van der Waals surface area (Å²) < 4.78 is 52.7. The van der Waals surface area contributed by atoms with Crippen molar-refractivity contribution in [3.63, 3.8) is 0 Å². The third kappa shape index (κ3) is 7.45. The summed E-state index contributed by atoms with van der Waals surface area (Å²) >= 11 is 0.845. The molecule has 1 aliphatic rings. The van der Waals surface area contributed by atoms with Crippen LogP contribution >= 0.6 is 19.6 Å². The SMILES string of the molecule is CNc1nc(N)nc2c1ncn2[C@@H]1O[C@H](COP(=O)(CSOc2ccccc2)N[C@@H](C)C(=O)OC(C)C)[C@@H](O)[C@H]1F. The monoisotopic (exact) mass is 613 g/mol. The number of hydrogen-bond acceptors (Lipinski definition) is 13. The zero-order valence-electron chi connectivity index (χ0n) is 22.8. The van der Waals surface area contributed by atoms with Crippen LogP contribution in [0.1, 0.15) is 27.0 Å². The van der Waals surface area contributed by atoms with Crippen LogP contribution < -0.4 is 20.3 Å².